The molecule has 24 heavy (non-hydrogen) atoms. The van der Waals surface area contributed by atoms with E-state index in [1.54, 1.807) is 12.1 Å². The average molecular weight is 336 g/mol. The zero-order valence-electron chi connectivity index (χ0n) is 13.4. The molecule has 4 heteroatoms. The van der Waals surface area contributed by atoms with Gasteiger partial charge in [0.25, 0.3) is 0 Å². The Balaban J connectivity index is 1.77. The third-order valence-corrected chi connectivity index (χ3v) is 4.93. The highest BCUT2D eigenvalue weighted by Gasteiger charge is 2.22. The Labute approximate surface area is 139 Å². The van der Waals surface area contributed by atoms with Gasteiger partial charge >= 0.3 is 0 Å². The van der Waals surface area contributed by atoms with Crippen molar-refractivity contribution in [2.45, 2.75) is 50.9 Å². The average Bonchev–Trinajstić information content (AvgIpc) is 2.60. The molecule has 1 aliphatic carbocycles. The summed E-state index contributed by atoms with van der Waals surface area (Å²) < 4.78 is 55.6. The highest BCUT2D eigenvalue weighted by atomic mass is 19.2. The van der Waals surface area contributed by atoms with E-state index in [1.165, 1.54) is 12.1 Å². The second-order valence-corrected chi connectivity index (χ2v) is 6.49. The molecule has 0 radical (unpaired) electrons. The van der Waals surface area contributed by atoms with Crippen molar-refractivity contribution in [3.05, 3.63) is 70.3 Å². The molecule has 0 aliphatic heterocycles. The summed E-state index contributed by atoms with van der Waals surface area (Å²) in [5.74, 6) is -3.39. The second-order valence-electron chi connectivity index (χ2n) is 6.49. The van der Waals surface area contributed by atoms with Gasteiger partial charge in [0.15, 0.2) is 23.3 Å². The lowest BCUT2D eigenvalue weighted by atomic mass is 9.83. The summed E-state index contributed by atoms with van der Waals surface area (Å²) in [7, 11) is 0. The van der Waals surface area contributed by atoms with Gasteiger partial charge in [0, 0.05) is 0 Å². The van der Waals surface area contributed by atoms with E-state index < -0.39 is 23.3 Å². The van der Waals surface area contributed by atoms with Crippen LogP contribution in [0.5, 0.6) is 0 Å². The molecule has 0 bridgehead atoms. The molecule has 0 N–H and O–H groups in total. The van der Waals surface area contributed by atoms with Crippen molar-refractivity contribution in [2.75, 3.05) is 0 Å². The minimum absolute atomic E-state index is 0.0861. The predicted molar refractivity (Wildman–Crippen MR) is 86.0 cm³/mol. The van der Waals surface area contributed by atoms with E-state index >= 15 is 0 Å². The van der Waals surface area contributed by atoms with Crippen LogP contribution in [0.15, 0.2) is 30.3 Å². The summed E-state index contributed by atoms with van der Waals surface area (Å²) in [6, 6.07) is 7.16. The maximum Gasteiger partial charge on any atom is 0.162 e. The van der Waals surface area contributed by atoms with E-state index in [4.69, 9.17) is 0 Å². The Morgan fingerprint density at radius 3 is 2.08 bits per heavy atom. The van der Waals surface area contributed by atoms with Crippen LogP contribution >= 0.6 is 0 Å². The highest BCUT2D eigenvalue weighted by molar-refractivity contribution is 5.30. The quantitative estimate of drug-likeness (QED) is 0.594. The van der Waals surface area contributed by atoms with Gasteiger partial charge in [0.05, 0.1) is 0 Å². The Kier molecular flexibility index (Phi) is 5.22. The molecular weight excluding hydrogens is 316 g/mol. The van der Waals surface area contributed by atoms with Crippen molar-refractivity contribution < 1.29 is 17.6 Å². The van der Waals surface area contributed by atoms with Gasteiger partial charge < -0.3 is 0 Å². The number of hydrogen-bond donors (Lipinski definition) is 0. The van der Waals surface area contributed by atoms with Gasteiger partial charge in [0.1, 0.15) is 0 Å². The number of benzene rings is 2. The van der Waals surface area contributed by atoms with Crippen LogP contribution in [-0.2, 0) is 12.8 Å². The van der Waals surface area contributed by atoms with Gasteiger partial charge in [-0.2, -0.15) is 0 Å². The molecule has 1 fully saturated rings. The third kappa shape index (κ3) is 3.47. The standard InChI is InChI=1S/C20H20F4/c21-17-8-4-7-14(18(17)22)9-10-15-11-12-16(20(24)19(15)23)13-5-2-1-3-6-13/h4,7-8,11-13H,1-3,5-6,9-10H2. The van der Waals surface area contributed by atoms with Crippen LogP contribution in [0.3, 0.4) is 0 Å². The maximum atomic E-state index is 14.4. The molecule has 128 valence electrons. The van der Waals surface area contributed by atoms with Crippen molar-refractivity contribution >= 4 is 0 Å². The van der Waals surface area contributed by atoms with Crippen LogP contribution in [0.4, 0.5) is 17.6 Å². The Morgan fingerprint density at radius 1 is 0.708 bits per heavy atom. The van der Waals surface area contributed by atoms with E-state index in [1.807, 2.05) is 0 Å². The fourth-order valence-electron chi connectivity index (χ4n) is 3.54. The van der Waals surface area contributed by atoms with E-state index in [0.29, 0.717) is 5.56 Å². The lowest BCUT2D eigenvalue weighted by molar-refractivity contribution is 0.415. The van der Waals surface area contributed by atoms with Crippen LogP contribution < -0.4 is 0 Å². The van der Waals surface area contributed by atoms with Crippen LogP contribution in [0, 0.1) is 23.3 Å². The van der Waals surface area contributed by atoms with E-state index in [0.717, 1.165) is 38.2 Å². The minimum atomic E-state index is -0.924. The largest absolute Gasteiger partial charge is 0.204 e. The normalized spacial score (nSPS) is 15.7. The molecule has 0 spiro atoms. The van der Waals surface area contributed by atoms with Gasteiger partial charge in [-0.1, -0.05) is 43.5 Å². The first-order chi connectivity index (χ1) is 11.6. The molecule has 1 saturated carbocycles. The molecule has 0 saturated heterocycles. The number of aryl methyl sites for hydroxylation is 2. The Morgan fingerprint density at radius 2 is 1.38 bits per heavy atom. The monoisotopic (exact) mass is 336 g/mol. The van der Waals surface area contributed by atoms with Crippen molar-refractivity contribution in [3.8, 4) is 0 Å². The summed E-state index contributed by atoms with van der Waals surface area (Å²) in [6.45, 7) is 0. The first kappa shape index (κ1) is 17.0. The van der Waals surface area contributed by atoms with Crippen molar-refractivity contribution in [2.24, 2.45) is 0 Å². The molecule has 0 atom stereocenters. The molecule has 0 nitrogen and oxygen atoms in total. The highest BCUT2D eigenvalue weighted by Crippen LogP contribution is 2.35. The van der Waals surface area contributed by atoms with Gasteiger partial charge in [-0.25, -0.2) is 17.6 Å². The topological polar surface area (TPSA) is 0 Å². The first-order valence-electron chi connectivity index (χ1n) is 8.47. The molecule has 0 amide bonds. The Hall–Kier alpha value is -1.84. The Bertz CT molecular complexity index is 718. The summed E-state index contributed by atoms with van der Waals surface area (Å²) in [5.41, 5.74) is 0.828. The van der Waals surface area contributed by atoms with Crippen LogP contribution in [0.25, 0.3) is 0 Å². The third-order valence-electron chi connectivity index (χ3n) is 4.93. The van der Waals surface area contributed by atoms with E-state index in [-0.39, 0.29) is 29.9 Å². The molecule has 0 unspecified atom stereocenters. The fraction of sp³-hybridized carbons (Fsp3) is 0.400. The summed E-state index contributed by atoms with van der Waals surface area (Å²) in [4.78, 5) is 0. The zero-order chi connectivity index (χ0) is 17.1. The number of hydrogen-bond acceptors (Lipinski definition) is 0. The summed E-state index contributed by atoms with van der Waals surface area (Å²) in [6.07, 6.45) is 5.29. The smallest absolute Gasteiger partial charge is 0.162 e. The predicted octanol–water partition coefficient (Wildman–Crippen LogP) is 6.08. The van der Waals surface area contributed by atoms with E-state index in [9.17, 15) is 17.6 Å². The molecule has 2 aromatic carbocycles. The second kappa shape index (κ2) is 7.37. The maximum absolute atomic E-state index is 14.4. The number of rotatable bonds is 4. The van der Waals surface area contributed by atoms with Gasteiger partial charge in [-0.05, 0) is 54.4 Å². The van der Waals surface area contributed by atoms with Crippen LogP contribution in [0.1, 0.15) is 54.7 Å². The lowest BCUT2D eigenvalue weighted by Crippen LogP contribution is -2.09. The molecule has 0 aromatic heterocycles. The minimum Gasteiger partial charge on any atom is -0.204 e. The first-order valence-corrected chi connectivity index (χ1v) is 8.47. The molecule has 0 heterocycles. The molecule has 3 rings (SSSR count). The summed E-state index contributed by atoms with van der Waals surface area (Å²) in [5, 5.41) is 0. The van der Waals surface area contributed by atoms with Crippen molar-refractivity contribution in [3.63, 3.8) is 0 Å². The van der Waals surface area contributed by atoms with Gasteiger partial charge in [-0.15, -0.1) is 0 Å². The van der Waals surface area contributed by atoms with Crippen molar-refractivity contribution in [1.82, 2.24) is 0 Å². The lowest BCUT2D eigenvalue weighted by Gasteiger charge is -2.23. The van der Waals surface area contributed by atoms with Gasteiger partial charge in [-0.3, -0.25) is 0 Å². The molecule has 1 aliphatic rings. The molecular formula is C20H20F4. The number of halogens is 4. The SMILES string of the molecule is Fc1cccc(CCc2ccc(C3CCCCC3)c(F)c2F)c1F. The van der Waals surface area contributed by atoms with E-state index in [2.05, 4.69) is 0 Å². The van der Waals surface area contributed by atoms with Gasteiger partial charge in [0.2, 0.25) is 0 Å². The van der Waals surface area contributed by atoms with Crippen LogP contribution in [-0.4, -0.2) is 0 Å². The van der Waals surface area contributed by atoms with Crippen LogP contribution in [0.2, 0.25) is 0 Å². The molecule has 2 aromatic rings. The fourth-order valence-corrected chi connectivity index (χ4v) is 3.54. The summed E-state index contributed by atoms with van der Waals surface area (Å²) >= 11 is 0. The van der Waals surface area contributed by atoms with Crippen molar-refractivity contribution in [1.29, 1.82) is 0 Å². The zero-order valence-corrected chi connectivity index (χ0v) is 13.4.